The first-order valence-electron chi connectivity index (χ1n) is 5.45. The number of fused-ring (bicyclic) bond motifs is 1. The second kappa shape index (κ2) is 3.73. The van der Waals surface area contributed by atoms with Gasteiger partial charge in [0.1, 0.15) is 5.76 Å². The molecule has 0 bridgehead atoms. The van der Waals surface area contributed by atoms with Gasteiger partial charge in [0.05, 0.1) is 23.9 Å². The van der Waals surface area contributed by atoms with Gasteiger partial charge in [-0.05, 0) is 30.3 Å². The zero-order chi connectivity index (χ0) is 12.7. The monoisotopic (exact) mass is 242 g/mol. The molecule has 0 radical (unpaired) electrons. The Balaban J connectivity index is 1.97. The van der Waals surface area contributed by atoms with Crippen LogP contribution in [0.3, 0.4) is 0 Å². The molecule has 0 unspecified atom stereocenters. The van der Waals surface area contributed by atoms with Gasteiger partial charge in [-0.1, -0.05) is 0 Å². The fraction of sp³-hybridized carbons (Fsp3) is 0.0769. The van der Waals surface area contributed by atoms with E-state index in [0.717, 1.165) is 4.90 Å². The highest BCUT2D eigenvalue weighted by molar-refractivity contribution is 6.21. The lowest BCUT2D eigenvalue weighted by atomic mass is 10.1. The van der Waals surface area contributed by atoms with Crippen LogP contribution in [0.25, 0.3) is 0 Å². The summed E-state index contributed by atoms with van der Waals surface area (Å²) in [6.07, 6.45) is 1.51. The summed E-state index contributed by atoms with van der Waals surface area (Å²) in [6, 6.07) is 8.15. The van der Waals surface area contributed by atoms with Crippen molar-refractivity contribution in [2.45, 2.75) is 6.54 Å². The number of imide groups is 1. The summed E-state index contributed by atoms with van der Waals surface area (Å²) in [6.45, 7) is 0.138. The number of nitrogens with two attached hydrogens (primary N) is 1. The Morgan fingerprint density at radius 3 is 2.61 bits per heavy atom. The molecule has 2 aromatic rings. The van der Waals surface area contributed by atoms with Gasteiger partial charge >= 0.3 is 0 Å². The number of anilines is 1. The molecule has 0 spiro atoms. The van der Waals surface area contributed by atoms with E-state index < -0.39 is 0 Å². The first kappa shape index (κ1) is 10.6. The average Bonchev–Trinajstić information content (AvgIpc) is 2.93. The molecule has 2 heterocycles. The molecule has 90 valence electrons. The normalized spacial score (nSPS) is 14.1. The van der Waals surface area contributed by atoms with Gasteiger partial charge in [-0.3, -0.25) is 14.5 Å². The first-order chi connectivity index (χ1) is 8.66. The molecule has 1 aliphatic heterocycles. The maximum Gasteiger partial charge on any atom is 0.262 e. The highest BCUT2D eigenvalue weighted by atomic mass is 16.3. The zero-order valence-electron chi connectivity index (χ0n) is 9.42. The first-order valence-corrected chi connectivity index (χ1v) is 5.45. The molecule has 0 fully saturated rings. The Bertz CT molecular complexity index is 632. The minimum absolute atomic E-state index is 0.138. The molecule has 5 heteroatoms. The van der Waals surface area contributed by atoms with Crippen molar-refractivity contribution in [1.82, 2.24) is 4.90 Å². The van der Waals surface area contributed by atoms with E-state index >= 15 is 0 Å². The van der Waals surface area contributed by atoms with Gasteiger partial charge in [-0.15, -0.1) is 0 Å². The lowest BCUT2D eigenvalue weighted by Gasteiger charge is -2.11. The largest absolute Gasteiger partial charge is 0.467 e. The Kier molecular flexibility index (Phi) is 2.19. The van der Waals surface area contributed by atoms with Crippen LogP contribution in [-0.4, -0.2) is 16.7 Å². The maximum absolute atomic E-state index is 12.1. The number of hydrogen-bond acceptors (Lipinski definition) is 4. The molecular formula is C13H10N2O3. The van der Waals surface area contributed by atoms with E-state index in [1.54, 1.807) is 24.3 Å². The van der Waals surface area contributed by atoms with Crippen molar-refractivity contribution in [3.63, 3.8) is 0 Å². The van der Waals surface area contributed by atoms with E-state index in [4.69, 9.17) is 10.2 Å². The van der Waals surface area contributed by atoms with Crippen LogP contribution < -0.4 is 5.73 Å². The van der Waals surface area contributed by atoms with Crippen molar-refractivity contribution in [3.05, 3.63) is 53.5 Å². The summed E-state index contributed by atoms with van der Waals surface area (Å²) in [5, 5.41) is 0. The smallest absolute Gasteiger partial charge is 0.262 e. The van der Waals surface area contributed by atoms with Gasteiger partial charge in [0.25, 0.3) is 11.8 Å². The molecule has 18 heavy (non-hydrogen) atoms. The molecular weight excluding hydrogens is 232 g/mol. The third-order valence-corrected chi connectivity index (χ3v) is 2.89. The fourth-order valence-electron chi connectivity index (χ4n) is 2.01. The molecule has 2 N–H and O–H groups in total. The van der Waals surface area contributed by atoms with Crippen molar-refractivity contribution in [2.75, 3.05) is 5.73 Å². The highest BCUT2D eigenvalue weighted by Gasteiger charge is 2.35. The summed E-state index contributed by atoms with van der Waals surface area (Å²) in [4.78, 5) is 25.3. The second-order valence-corrected chi connectivity index (χ2v) is 4.08. The number of rotatable bonds is 2. The van der Waals surface area contributed by atoms with Gasteiger partial charge < -0.3 is 10.2 Å². The van der Waals surface area contributed by atoms with Gasteiger partial charge in [-0.2, -0.15) is 0 Å². The lowest BCUT2D eigenvalue weighted by molar-refractivity contribution is 0.0631. The number of carbonyl (C=O) groups excluding carboxylic acids is 2. The molecule has 0 aliphatic carbocycles. The third-order valence-electron chi connectivity index (χ3n) is 2.89. The molecule has 1 aromatic heterocycles. The van der Waals surface area contributed by atoms with Gasteiger partial charge in [-0.25, -0.2) is 0 Å². The maximum atomic E-state index is 12.1. The number of nitrogens with zero attached hydrogens (tertiary/aromatic N) is 1. The number of furan rings is 1. The minimum atomic E-state index is -0.335. The number of hydrogen-bond donors (Lipinski definition) is 1. The Labute approximate surface area is 103 Å². The predicted molar refractivity (Wildman–Crippen MR) is 63.8 cm³/mol. The summed E-state index contributed by atoms with van der Waals surface area (Å²) < 4.78 is 5.14. The molecule has 1 aliphatic rings. The minimum Gasteiger partial charge on any atom is -0.467 e. The molecule has 0 saturated carbocycles. The number of benzene rings is 1. The predicted octanol–water partition coefficient (Wildman–Crippen LogP) is 1.66. The molecule has 0 saturated heterocycles. The van der Waals surface area contributed by atoms with E-state index in [1.807, 2.05) is 0 Å². The lowest BCUT2D eigenvalue weighted by Crippen LogP contribution is -2.28. The second-order valence-electron chi connectivity index (χ2n) is 4.08. The standard InChI is InChI=1S/C13H10N2O3/c14-8-3-4-10-11(6-8)13(17)15(12(10)16)7-9-2-1-5-18-9/h1-6H,7,14H2. The topological polar surface area (TPSA) is 76.5 Å². The fourth-order valence-corrected chi connectivity index (χ4v) is 2.01. The molecule has 1 aromatic carbocycles. The Hall–Kier alpha value is -2.56. The van der Waals surface area contributed by atoms with Gasteiger partial charge in [0, 0.05) is 5.69 Å². The van der Waals surface area contributed by atoms with E-state index in [-0.39, 0.29) is 18.4 Å². The Morgan fingerprint density at radius 2 is 1.89 bits per heavy atom. The van der Waals surface area contributed by atoms with Crippen molar-refractivity contribution in [1.29, 1.82) is 0 Å². The van der Waals surface area contributed by atoms with Gasteiger partial charge in [0.15, 0.2) is 0 Å². The van der Waals surface area contributed by atoms with E-state index in [0.29, 0.717) is 22.6 Å². The number of carbonyl (C=O) groups is 2. The molecule has 0 atom stereocenters. The van der Waals surface area contributed by atoms with Crippen molar-refractivity contribution >= 4 is 17.5 Å². The van der Waals surface area contributed by atoms with Crippen LogP contribution in [0, 0.1) is 0 Å². The number of nitrogen functional groups attached to an aromatic ring is 1. The third kappa shape index (κ3) is 1.48. The van der Waals surface area contributed by atoms with Crippen molar-refractivity contribution in [2.24, 2.45) is 0 Å². The van der Waals surface area contributed by atoms with E-state index in [9.17, 15) is 9.59 Å². The zero-order valence-corrected chi connectivity index (χ0v) is 9.42. The molecule has 2 amide bonds. The SMILES string of the molecule is Nc1ccc2c(c1)C(=O)N(Cc1ccco1)C2=O. The van der Waals surface area contributed by atoms with Crippen LogP contribution in [0.5, 0.6) is 0 Å². The van der Waals surface area contributed by atoms with Crippen LogP contribution >= 0.6 is 0 Å². The van der Waals surface area contributed by atoms with Crippen LogP contribution in [0.2, 0.25) is 0 Å². The van der Waals surface area contributed by atoms with Crippen molar-refractivity contribution < 1.29 is 14.0 Å². The van der Waals surface area contributed by atoms with Crippen LogP contribution in [0.4, 0.5) is 5.69 Å². The Morgan fingerprint density at radius 1 is 1.11 bits per heavy atom. The van der Waals surface area contributed by atoms with Crippen LogP contribution in [0.1, 0.15) is 26.5 Å². The summed E-state index contributed by atoms with van der Waals surface area (Å²) in [7, 11) is 0. The van der Waals surface area contributed by atoms with Crippen molar-refractivity contribution in [3.8, 4) is 0 Å². The highest BCUT2D eigenvalue weighted by Crippen LogP contribution is 2.26. The van der Waals surface area contributed by atoms with E-state index in [1.165, 1.54) is 12.3 Å². The molecule has 3 rings (SSSR count). The summed E-state index contributed by atoms with van der Waals surface area (Å²) in [5.74, 6) is -0.0809. The van der Waals surface area contributed by atoms with Crippen LogP contribution in [0.15, 0.2) is 41.0 Å². The average molecular weight is 242 g/mol. The molecule has 5 nitrogen and oxygen atoms in total. The van der Waals surface area contributed by atoms with Crippen LogP contribution in [-0.2, 0) is 6.54 Å². The number of amides is 2. The van der Waals surface area contributed by atoms with E-state index in [2.05, 4.69) is 0 Å². The van der Waals surface area contributed by atoms with Gasteiger partial charge in [0.2, 0.25) is 0 Å². The quantitative estimate of drug-likeness (QED) is 0.641. The summed E-state index contributed by atoms with van der Waals surface area (Å²) in [5.41, 5.74) is 6.83. The summed E-state index contributed by atoms with van der Waals surface area (Å²) >= 11 is 0.